The highest BCUT2D eigenvalue weighted by atomic mass is 16.6. The molecule has 0 spiro atoms. The third kappa shape index (κ3) is 9.10. The topological polar surface area (TPSA) is 55.8 Å². The van der Waals surface area contributed by atoms with Gasteiger partial charge in [0.2, 0.25) is 0 Å². The number of ether oxygens (including phenoxy) is 2. The first-order chi connectivity index (χ1) is 10.2. The molecule has 0 radical (unpaired) electrons. The van der Waals surface area contributed by atoms with Crippen LogP contribution in [0.1, 0.15) is 71.1 Å². The summed E-state index contributed by atoms with van der Waals surface area (Å²) < 4.78 is 11.4. The van der Waals surface area contributed by atoms with Crippen molar-refractivity contribution in [1.29, 1.82) is 0 Å². The average molecular weight is 300 g/mol. The maximum atomic E-state index is 10.5. The molecule has 1 heterocycles. The van der Waals surface area contributed by atoms with Gasteiger partial charge < -0.3 is 14.6 Å². The van der Waals surface area contributed by atoms with Crippen molar-refractivity contribution in [2.24, 2.45) is 5.92 Å². The van der Waals surface area contributed by atoms with E-state index in [1.54, 1.807) is 0 Å². The molecule has 0 bridgehead atoms. The molecule has 1 saturated heterocycles. The molecule has 1 N–H and O–H groups in total. The van der Waals surface area contributed by atoms with Crippen LogP contribution in [0.25, 0.3) is 0 Å². The highest BCUT2D eigenvalue weighted by Gasteiger charge is 2.24. The SMILES string of the molecule is CCCCCC(CCCCCCC(=O)O)C1COCCO1. The van der Waals surface area contributed by atoms with E-state index in [4.69, 9.17) is 14.6 Å². The lowest BCUT2D eigenvalue weighted by molar-refractivity contribution is -0.137. The van der Waals surface area contributed by atoms with Gasteiger partial charge in [0.25, 0.3) is 0 Å². The van der Waals surface area contributed by atoms with Gasteiger partial charge in [-0.2, -0.15) is 0 Å². The van der Waals surface area contributed by atoms with Crippen LogP contribution in [-0.2, 0) is 14.3 Å². The monoisotopic (exact) mass is 300 g/mol. The van der Waals surface area contributed by atoms with Crippen LogP contribution in [0.5, 0.6) is 0 Å². The zero-order valence-electron chi connectivity index (χ0n) is 13.5. The first-order valence-electron chi connectivity index (χ1n) is 8.65. The van der Waals surface area contributed by atoms with Crippen molar-refractivity contribution in [2.45, 2.75) is 77.2 Å². The lowest BCUT2D eigenvalue weighted by Crippen LogP contribution is -2.35. The Labute approximate surface area is 129 Å². The maximum Gasteiger partial charge on any atom is 0.303 e. The van der Waals surface area contributed by atoms with Crippen LogP contribution in [0.15, 0.2) is 0 Å². The number of hydrogen-bond donors (Lipinski definition) is 1. The van der Waals surface area contributed by atoms with E-state index in [1.165, 1.54) is 38.5 Å². The smallest absolute Gasteiger partial charge is 0.303 e. The molecule has 2 unspecified atom stereocenters. The summed E-state index contributed by atoms with van der Waals surface area (Å²) in [5.41, 5.74) is 0. The molecule has 21 heavy (non-hydrogen) atoms. The molecular formula is C17H32O4. The van der Waals surface area contributed by atoms with E-state index >= 15 is 0 Å². The van der Waals surface area contributed by atoms with Crippen LogP contribution in [-0.4, -0.2) is 37.0 Å². The average Bonchev–Trinajstić information content (AvgIpc) is 2.49. The molecule has 1 aliphatic rings. The van der Waals surface area contributed by atoms with E-state index < -0.39 is 5.97 Å². The molecule has 0 aromatic rings. The van der Waals surface area contributed by atoms with Gasteiger partial charge in [-0.25, -0.2) is 0 Å². The Bertz CT molecular complexity index is 262. The van der Waals surface area contributed by atoms with E-state index in [9.17, 15) is 4.79 Å². The van der Waals surface area contributed by atoms with E-state index in [1.807, 2.05) is 0 Å². The lowest BCUT2D eigenvalue weighted by atomic mass is 9.89. The quantitative estimate of drug-likeness (QED) is 0.553. The fraction of sp³-hybridized carbons (Fsp3) is 0.941. The van der Waals surface area contributed by atoms with Gasteiger partial charge in [-0.15, -0.1) is 0 Å². The number of carboxylic acids is 1. The Morgan fingerprint density at radius 1 is 1.10 bits per heavy atom. The fourth-order valence-corrected chi connectivity index (χ4v) is 2.99. The molecule has 1 rings (SSSR count). The molecule has 0 saturated carbocycles. The maximum absolute atomic E-state index is 10.5. The van der Waals surface area contributed by atoms with Crippen molar-refractivity contribution in [3.05, 3.63) is 0 Å². The predicted molar refractivity (Wildman–Crippen MR) is 83.5 cm³/mol. The molecule has 4 heteroatoms. The van der Waals surface area contributed by atoms with Crippen molar-refractivity contribution in [1.82, 2.24) is 0 Å². The van der Waals surface area contributed by atoms with Gasteiger partial charge in [-0.05, 0) is 25.2 Å². The Kier molecular flexibility index (Phi) is 10.5. The number of carbonyl (C=O) groups is 1. The summed E-state index contributed by atoms with van der Waals surface area (Å²) in [5.74, 6) is -0.0727. The van der Waals surface area contributed by atoms with E-state index in [0.29, 0.717) is 12.3 Å². The Morgan fingerprint density at radius 3 is 2.43 bits per heavy atom. The largest absolute Gasteiger partial charge is 0.481 e. The summed E-state index contributed by atoms with van der Waals surface area (Å²) in [5, 5.41) is 8.62. The second kappa shape index (κ2) is 12.0. The van der Waals surface area contributed by atoms with Crippen LogP contribution >= 0.6 is 0 Å². The van der Waals surface area contributed by atoms with E-state index in [2.05, 4.69) is 6.92 Å². The van der Waals surface area contributed by atoms with Crippen molar-refractivity contribution in [2.75, 3.05) is 19.8 Å². The Morgan fingerprint density at radius 2 is 1.81 bits per heavy atom. The van der Waals surface area contributed by atoms with Gasteiger partial charge in [0.15, 0.2) is 0 Å². The van der Waals surface area contributed by atoms with Crippen LogP contribution < -0.4 is 0 Å². The summed E-state index contributed by atoms with van der Waals surface area (Å²) in [6.07, 6.45) is 11.0. The molecule has 0 aromatic carbocycles. The highest BCUT2D eigenvalue weighted by molar-refractivity contribution is 5.66. The van der Waals surface area contributed by atoms with E-state index in [-0.39, 0.29) is 6.10 Å². The molecule has 0 amide bonds. The summed E-state index contributed by atoms with van der Waals surface area (Å²) >= 11 is 0. The number of rotatable bonds is 12. The van der Waals surface area contributed by atoms with Crippen LogP contribution in [0.3, 0.4) is 0 Å². The third-order valence-electron chi connectivity index (χ3n) is 4.26. The summed E-state index contributed by atoms with van der Waals surface area (Å²) in [4.78, 5) is 10.5. The summed E-state index contributed by atoms with van der Waals surface area (Å²) in [6, 6.07) is 0. The van der Waals surface area contributed by atoms with Crippen molar-refractivity contribution >= 4 is 5.97 Å². The molecule has 1 fully saturated rings. The van der Waals surface area contributed by atoms with Crippen LogP contribution in [0.4, 0.5) is 0 Å². The normalized spacial score (nSPS) is 20.3. The molecule has 124 valence electrons. The van der Waals surface area contributed by atoms with Gasteiger partial charge in [0.05, 0.1) is 25.9 Å². The predicted octanol–water partition coefficient (Wildman–Crippen LogP) is 4.02. The number of hydrogen-bond acceptors (Lipinski definition) is 3. The van der Waals surface area contributed by atoms with Crippen LogP contribution in [0, 0.1) is 5.92 Å². The summed E-state index contributed by atoms with van der Waals surface area (Å²) in [7, 11) is 0. The third-order valence-corrected chi connectivity index (χ3v) is 4.26. The standard InChI is InChI=1S/C17H32O4/c1-2-3-6-9-15(16-14-20-12-13-21-16)10-7-4-5-8-11-17(18)19/h15-16H,2-14H2,1H3,(H,18,19). The molecular weight excluding hydrogens is 268 g/mol. The minimum atomic E-state index is -0.680. The van der Waals surface area contributed by atoms with Crippen molar-refractivity contribution < 1.29 is 19.4 Å². The molecule has 0 aliphatic carbocycles. The fourth-order valence-electron chi connectivity index (χ4n) is 2.99. The van der Waals surface area contributed by atoms with Crippen molar-refractivity contribution in [3.8, 4) is 0 Å². The van der Waals surface area contributed by atoms with Gasteiger partial charge in [0, 0.05) is 6.42 Å². The van der Waals surface area contributed by atoms with Gasteiger partial charge >= 0.3 is 5.97 Å². The zero-order valence-corrected chi connectivity index (χ0v) is 13.5. The molecule has 0 aromatic heterocycles. The zero-order chi connectivity index (χ0) is 15.3. The van der Waals surface area contributed by atoms with Gasteiger partial charge in [-0.3, -0.25) is 4.79 Å². The van der Waals surface area contributed by atoms with E-state index in [0.717, 1.165) is 39.1 Å². The van der Waals surface area contributed by atoms with Crippen LogP contribution in [0.2, 0.25) is 0 Å². The second-order valence-corrected chi connectivity index (χ2v) is 6.09. The Hall–Kier alpha value is -0.610. The Balaban J connectivity index is 2.19. The first kappa shape index (κ1) is 18.4. The number of aliphatic carboxylic acids is 1. The van der Waals surface area contributed by atoms with Gasteiger partial charge in [-0.1, -0.05) is 45.4 Å². The highest BCUT2D eigenvalue weighted by Crippen LogP contribution is 2.25. The minimum absolute atomic E-state index is 0.273. The molecule has 2 atom stereocenters. The molecule has 1 aliphatic heterocycles. The molecule has 4 nitrogen and oxygen atoms in total. The minimum Gasteiger partial charge on any atom is -0.481 e. The first-order valence-corrected chi connectivity index (χ1v) is 8.65. The second-order valence-electron chi connectivity index (χ2n) is 6.09. The lowest BCUT2D eigenvalue weighted by Gasteiger charge is -2.30. The number of unbranched alkanes of at least 4 members (excludes halogenated alkanes) is 5. The summed E-state index contributed by atoms with van der Waals surface area (Å²) in [6.45, 7) is 4.44. The number of carboxylic acid groups (broad SMARTS) is 1. The van der Waals surface area contributed by atoms with Gasteiger partial charge in [0.1, 0.15) is 0 Å². The van der Waals surface area contributed by atoms with Crippen molar-refractivity contribution in [3.63, 3.8) is 0 Å².